The topological polar surface area (TPSA) is 96.3 Å². The number of urea groups is 1. The molecule has 0 unspecified atom stereocenters. The van der Waals surface area contributed by atoms with Crippen LogP contribution in [0.2, 0.25) is 0 Å². The molecule has 3 fully saturated rings. The Morgan fingerprint density at radius 1 is 1.22 bits per heavy atom. The number of H-pyrrole nitrogens is 1. The molecular weight excluding hydrogens is 423 g/mol. The lowest BCUT2D eigenvalue weighted by atomic mass is 10.1. The van der Waals surface area contributed by atoms with E-state index in [1.54, 1.807) is 0 Å². The molecule has 2 aromatic rings. The first-order valence-corrected chi connectivity index (χ1v) is 10.9. The molecule has 1 aromatic carbocycles. The molecule has 2 aliphatic carbocycles. The summed E-state index contributed by atoms with van der Waals surface area (Å²) < 4.78 is 39.3. The molecule has 0 radical (unpaired) electrons. The summed E-state index contributed by atoms with van der Waals surface area (Å²) in [4.78, 5) is 21.4. The fourth-order valence-electron chi connectivity index (χ4n) is 2.99. The molecule has 3 aliphatic rings. The van der Waals surface area contributed by atoms with Crippen molar-refractivity contribution in [3.63, 3.8) is 0 Å². The number of halogens is 3. The van der Waals surface area contributed by atoms with Gasteiger partial charge in [-0.15, -0.1) is 0 Å². The molecule has 1 aromatic heterocycles. The molecular formula is C22H32F3N5O2. The van der Waals surface area contributed by atoms with Crippen molar-refractivity contribution in [2.75, 3.05) is 13.7 Å². The number of carbonyl (C=O) groups excluding carboxylic acids is 1. The van der Waals surface area contributed by atoms with E-state index in [9.17, 15) is 18.0 Å². The summed E-state index contributed by atoms with van der Waals surface area (Å²) in [6, 6.07) is 6.09. The minimum atomic E-state index is -4.28. The van der Waals surface area contributed by atoms with E-state index in [-0.39, 0.29) is 11.6 Å². The number of ether oxygens (including phenoxy) is 1. The van der Waals surface area contributed by atoms with Crippen LogP contribution in [0.1, 0.15) is 57.3 Å². The second-order valence-electron chi connectivity index (χ2n) is 9.08. The molecule has 2 heterocycles. The number of nitrogens with one attached hydrogen (secondary N) is 2. The quantitative estimate of drug-likeness (QED) is 0.643. The van der Waals surface area contributed by atoms with Gasteiger partial charge in [0.05, 0.1) is 23.1 Å². The van der Waals surface area contributed by atoms with Crippen molar-refractivity contribution in [2.24, 2.45) is 5.73 Å². The van der Waals surface area contributed by atoms with E-state index < -0.39 is 11.8 Å². The Balaban J connectivity index is 0.000000201. The first-order valence-electron chi connectivity index (χ1n) is 10.9. The van der Waals surface area contributed by atoms with Crippen LogP contribution in [0.4, 0.5) is 18.0 Å². The number of fused-ring (bicyclic) bond motifs is 1. The summed E-state index contributed by atoms with van der Waals surface area (Å²) in [5.74, 6) is 0.785. The van der Waals surface area contributed by atoms with E-state index in [1.165, 1.54) is 19.3 Å². The Morgan fingerprint density at radius 2 is 1.88 bits per heavy atom. The van der Waals surface area contributed by atoms with E-state index in [0.717, 1.165) is 62.8 Å². The molecule has 2 amide bonds. The number of benzene rings is 1. The van der Waals surface area contributed by atoms with Crippen LogP contribution in [-0.2, 0) is 17.8 Å². The highest BCUT2D eigenvalue weighted by molar-refractivity contribution is 5.79. The van der Waals surface area contributed by atoms with Crippen LogP contribution >= 0.6 is 0 Å². The zero-order valence-electron chi connectivity index (χ0n) is 18.8. The van der Waals surface area contributed by atoms with Crippen molar-refractivity contribution in [1.29, 1.82) is 0 Å². The third kappa shape index (κ3) is 6.13. The van der Waals surface area contributed by atoms with Crippen molar-refractivity contribution >= 4 is 17.1 Å². The third-order valence-corrected chi connectivity index (χ3v) is 5.72. The summed E-state index contributed by atoms with van der Waals surface area (Å²) in [7, 11) is 1.04. The maximum absolute atomic E-state index is 11.9. The van der Waals surface area contributed by atoms with E-state index in [2.05, 4.69) is 20.0 Å². The number of imidazole rings is 1. The monoisotopic (exact) mass is 455 g/mol. The Bertz CT molecular complexity index is 933. The van der Waals surface area contributed by atoms with Gasteiger partial charge in [0.25, 0.3) is 0 Å². The number of aromatic amines is 1. The van der Waals surface area contributed by atoms with E-state index in [4.69, 9.17) is 5.73 Å². The summed E-state index contributed by atoms with van der Waals surface area (Å²) in [6.07, 6.45) is 2.44. The van der Waals surface area contributed by atoms with Gasteiger partial charge in [-0.05, 0) is 44.4 Å². The number of carbonyl (C=O) groups is 1. The molecule has 4 N–H and O–H groups in total. The molecule has 0 atom stereocenters. The maximum Gasteiger partial charge on any atom is 0.416 e. The average Bonchev–Trinajstić information content (AvgIpc) is 3.66. The van der Waals surface area contributed by atoms with Gasteiger partial charge in [0.1, 0.15) is 5.82 Å². The lowest BCUT2D eigenvalue weighted by molar-refractivity contribution is -0.255. The smallest absolute Gasteiger partial charge is 0.369 e. The number of rotatable bonds is 4. The Hall–Kier alpha value is -2.33. The number of methoxy groups -OCH3 is 1. The van der Waals surface area contributed by atoms with Crippen molar-refractivity contribution in [3.05, 3.63) is 29.6 Å². The number of nitrogens with zero attached hydrogens (tertiary/aromatic N) is 2. The standard InChI is InChI=1S/C14H17N5O.C5H9F3O.C3H6/c15-6-12-16-10-2-1-9(5-11(10)17-12)7-19-8-14(3-4-14)18-13(19)20;1-4(2,9-3)5(6,7)8;1-2-3-1/h1-2,5H,3-4,6-8,15H2,(H,16,17)(H,18,20);1-3H3;1-3H2. The van der Waals surface area contributed by atoms with Gasteiger partial charge in [0.15, 0.2) is 5.60 Å². The number of hydrogen-bond acceptors (Lipinski definition) is 4. The maximum atomic E-state index is 11.9. The Kier molecular flexibility index (Phi) is 7.04. The van der Waals surface area contributed by atoms with Crippen LogP contribution in [-0.4, -0.2) is 51.9 Å². The van der Waals surface area contributed by atoms with Crippen LogP contribution in [0.25, 0.3) is 11.0 Å². The van der Waals surface area contributed by atoms with Gasteiger partial charge >= 0.3 is 12.2 Å². The lowest BCUT2D eigenvalue weighted by Gasteiger charge is -2.25. The molecule has 178 valence electrons. The minimum Gasteiger partial charge on any atom is -0.369 e. The predicted molar refractivity (Wildman–Crippen MR) is 116 cm³/mol. The van der Waals surface area contributed by atoms with Crippen LogP contribution < -0.4 is 11.1 Å². The van der Waals surface area contributed by atoms with Gasteiger partial charge in [-0.25, -0.2) is 9.78 Å². The van der Waals surface area contributed by atoms with Crippen LogP contribution in [0.15, 0.2) is 18.2 Å². The largest absolute Gasteiger partial charge is 0.416 e. The lowest BCUT2D eigenvalue weighted by Crippen LogP contribution is -2.40. The average molecular weight is 456 g/mol. The van der Waals surface area contributed by atoms with Gasteiger partial charge in [-0.2, -0.15) is 13.2 Å². The molecule has 1 saturated heterocycles. The van der Waals surface area contributed by atoms with Crippen molar-refractivity contribution < 1.29 is 22.7 Å². The number of nitrogens with two attached hydrogens (primary N) is 1. The first kappa shape index (κ1) is 24.3. The molecule has 7 nitrogen and oxygen atoms in total. The first-order chi connectivity index (χ1) is 15.0. The number of alkyl halides is 3. The predicted octanol–water partition coefficient (Wildman–Crippen LogP) is 4.22. The third-order valence-electron chi connectivity index (χ3n) is 5.72. The highest BCUT2D eigenvalue weighted by Gasteiger charge is 2.51. The molecule has 10 heteroatoms. The van der Waals surface area contributed by atoms with E-state index in [0.29, 0.717) is 13.1 Å². The van der Waals surface area contributed by atoms with Crippen molar-refractivity contribution in [3.8, 4) is 0 Å². The second kappa shape index (κ2) is 9.27. The molecule has 32 heavy (non-hydrogen) atoms. The van der Waals surface area contributed by atoms with Gasteiger partial charge in [-0.3, -0.25) is 0 Å². The number of amides is 2. The second-order valence-corrected chi connectivity index (χ2v) is 9.08. The molecule has 2 saturated carbocycles. The molecule has 0 bridgehead atoms. The normalized spacial score (nSPS) is 18.6. The zero-order valence-corrected chi connectivity index (χ0v) is 18.8. The van der Waals surface area contributed by atoms with Gasteiger partial charge in [0.2, 0.25) is 0 Å². The summed E-state index contributed by atoms with van der Waals surface area (Å²) in [5.41, 5.74) is 6.65. The summed E-state index contributed by atoms with van der Waals surface area (Å²) >= 11 is 0. The van der Waals surface area contributed by atoms with Crippen LogP contribution in [0.5, 0.6) is 0 Å². The molecule has 1 aliphatic heterocycles. The Morgan fingerprint density at radius 3 is 2.31 bits per heavy atom. The molecule has 1 spiro atoms. The Labute approximate surface area is 185 Å². The van der Waals surface area contributed by atoms with Gasteiger partial charge in [-0.1, -0.05) is 25.3 Å². The van der Waals surface area contributed by atoms with Gasteiger partial charge < -0.3 is 25.7 Å². The fraction of sp³-hybridized carbons (Fsp3) is 0.636. The van der Waals surface area contributed by atoms with Crippen molar-refractivity contribution in [1.82, 2.24) is 20.2 Å². The highest BCUT2D eigenvalue weighted by atomic mass is 19.4. The SMILES string of the molecule is C1CC1.COC(C)(C)C(F)(F)F.NCc1nc2ccc(CN3CC4(CC4)NC3=O)cc2[nH]1. The fourth-order valence-corrected chi connectivity index (χ4v) is 2.99. The summed E-state index contributed by atoms with van der Waals surface area (Å²) in [6.45, 7) is 3.82. The summed E-state index contributed by atoms with van der Waals surface area (Å²) in [5, 5.41) is 3.08. The van der Waals surface area contributed by atoms with Gasteiger partial charge in [0, 0.05) is 20.2 Å². The minimum absolute atomic E-state index is 0.0508. The molecule has 5 rings (SSSR count). The van der Waals surface area contributed by atoms with Crippen LogP contribution in [0, 0.1) is 0 Å². The highest BCUT2D eigenvalue weighted by Crippen LogP contribution is 2.40. The van der Waals surface area contributed by atoms with Crippen LogP contribution in [0.3, 0.4) is 0 Å². The van der Waals surface area contributed by atoms with E-state index in [1.807, 2.05) is 23.1 Å². The zero-order chi connectivity index (χ0) is 23.6. The number of hydrogen-bond donors (Lipinski definition) is 3. The van der Waals surface area contributed by atoms with E-state index >= 15 is 0 Å². The number of aromatic nitrogens is 2. The van der Waals surface area contributed by atoms with Crippen molar-refractivity contribution in [2.45, 2.75) is 76.4 Å².